The highest BCUT2D eigenvalue weighted by Gasteiger charge is 2.23. The lowest BCUT2D eigenvalue weighted by atomic mass is 10.3. The van der Waals surface area contributed by atoms with Gasteiger partial charge in [0.2, 0.25) is 21.7 Å². The van der Waals surface area contributed by atoms with E-state index in [-0.39, 0.29) is 18.0 Å². The lowest BCUT2D eigenvalue weighted by Crippen LogP contribution is -2.47. The number of para-hydroxylation sites is 1. The van der Waals surface area contributed by atoms with E-state index in [1.54, 1.807) is 18.2 Å². The third-order valence-electron chi connectivity index (χ3n) is 4.41. The second-order valence-corrected chi connectivity index (χ2v) is 8.43. The van der Waals surface area contributed by atoms with Crippen LogP contribution in [-0.2, 0) is 14.8 Å². The molecule has 2 aromatic rings. The molecule has 0 aliphatic carbocycles. The number of amides is 1. The molecule has 10 nitrogen and oxygen atoms in total. The van der Waals surface area contributed by atoms with Crippen LogP contribution in [0.4, 0.5) is 0 Å². The molecular formula is C21H28N2O8S. The molecule has 2 atom stereocenters. The van der Waals surface area contributed by atoms with Gasteiger partial charge in [0.25, 0.3) is 0 Å². The first-order valence-corrected chi connectivity index (χ1v) is 11.2. The summed E-state index contributed by atoms with van der Waals surface area (Å²) in [6.45, 7) is 1.10. The fourth-order valence-corrected chi connectivity index (χ4v) is 3.88. The van der Waals surface area contributed by atoms with E-state index in [0.717, 1.165) is 0 Å². The van der Waals surface area contributed by atoms with E-state index < -0.39 is 28.1 Å². The third kappa shape index (κ3) is 6.74. The number of aliphatic hydroxyl groups excluding tert-OH is 1. The average molecular weight is 469 g/mol. The molecule has 0 saturated carbocycles. The normalized spacial score (nSPS) is 13.0. The second-order valence-electron chi connectivity index (χ2n) is 6.72. The lowest BCUT2D eigenvalue weighted by molar-refractivity contribution is -0.122. The van der Waals surface area contributed by atoms with E-state index in [2.05, 4.69) is 10.0 Å². The number of hydrogen-bond donors (Lipinski definition) is 3. The lowest BCUT2D eigenvalue weighted by Gasteiger charge is -2.18. The van der Waals surface area contributed by atoms with Crippen molar-refractivity contribution in [3.63, 3.8) is 0 Å². The molecule has 11 heteroatoms. The summed E-state index contributed by atoms with van der Waals surface area (Å²) in [6, 6.07) is 9.79. The van der Waals surface area contributed by atoms with Crippen molar-refractivity contribution >= 4 is 15.9 Å². The van der Waals surface area contributed by atoms with Gasteiger partial charge < -0.3 is 29.4 Å². The molecule has 0 bridgehead atoms. The summed E-state index contributed by atoms with van der Waals surface area (Å²) in [5.41, 5.74) is 0. The van der Waals surface area contributed by atoms with Gasteiger partial charge >= 0.3 is 0 Å². The van der Waals surface area contributed by atoms with Gasteiger partial charge in [-0.05, 0) is 43.3 Å². The van der Waals surface area contributed by atoms with Crippen LogP contribution in [0.3, 0.4) is 0 Å². The number of ether oxygens (including phenoxy) is 4. The van der Waals surface area contributed by atoms with E-state index in [0.29, 0.717) is 23.0 Å². The third-order valence-corrected chi connectivity index (χ3v) is 5.97. The first kappa shape index (κ1) is 25.2. The van der Waals surface area contributed by atoms with E-state index in [1.807, 2.05) is 0 Å². The number of benzene rings is 2. The molecule has 32 heavy (non-hydrogen) atoms. The SMILES string of the molecule is COc1ccc(S(=O)(=O)N[C@@H](C)C(=O)NCC(O)COc2c(OC)cccc2OC)cc1. The minimum atomic E-state index is -3.91. The zero-order valence-corrected chi connectivity index (χ0v) is 19.1. The molecule has 176 valence electrons. The molecule has 0 aliphatic heterocycles. The number of sulfonamides is 1. The first-order chi connectivity index (χ1) is 15.2. The summed E-state index contributed by atoms with van der Waals surface area (Å²) in [4.78, 5) is 12.3. The van der Waals surface area contributed by atoms with Crippen LogP contribution >= 0.6 is 0 Å². The largest absolute Gasteiger partial charge is 0.497 e. The van der Waals surface area contributed by atoms with Crippen molar-refractivity contribution in [3.8, 4) is 23.0 Å². The maximum Gasteiger partial charge on any atom is 0.241 e. The van der Waals surface area contributed by atoms with Crippen molar-refractivity contribution in [2.45, 2.75) is 24.0 Å². The van der Waals surface area contributed by atoms with Gasteiger partial charge in [-0.2, -0.15) is 4.72 Å². The zero-order valence-electron chi connectivity index (χ0n) is 18.3. The summed E-state index contributed by atoms with van der Waals surface area (Å²) < 4.78 is 48.2. The number of aliphatic hydroxyl groups is 1. The monoisotopic (exact) mass is 468 g/mol. The summed E-state index contributed by atoms with van der Waals surface area (Å²) in [7, 11) is 0.519. The Labute approximate surface area is 187 Å². The van der Waals surface area contributed by atoms with E-state index in [4.69, 9.17) is 18.9 Å². The molecule has 0 aliphatic rings. The highest BCUT2D eigenvalue weighted by molar-refractivity contribution is 7.89. The maximum absolute atomic E-state index is 12.4. The number of methoxy groups -OCH3 is 3. The van der Waals surface area contributed by atoms with Gasteiger partial charge in [0.1, 0.15) is 18.5 Å². The number of nitrogens with one attached hydrogen (secondary N) is 2. The molecular weight excluding hydrogens is 440 g/mol. The number of carbonyl (C=O) groups excluding carboxylic acids is 1. The Balaban J connectivity index is 1.87. The Morgan fingerprint density at radius 1 is 1.00 bits per heavy atom. The molecule has 0 spiro atoms. The number of hydrogen-bond acceptors (Lipinski definition) is 8. The predicted octanol–water partition coefficient (Wildman–Crippen LogP) is 0.935. The topological polar surface area (TPSA) is 132 Å². The summed E-state index contributed by atoms with van der Waals surface area (Å²) in [6.07, 6.45) is -1.06. The number of carbonyl (C=O) groups is 1. The van der Waals surface area contributed by atoms with Crippen LogP contribution in [0.25, 0.3) is 0 Å². The van der Waals surface area contributed by atoms with Crippen LogP contribution in [0.5, 0.6) is 23.0 Å². The van der Waals surface area contributed by atoms with Crippen LogP contribution < -0.4 is 29.0 Å². The highest BCUT2D eigenvalue weighted by atomic mass is 32.2. The molecule has 0 radical (unpaired) electrons. The first-order valence-electron chi connectivity index (χ1n) is 9.67. The Bertz CT molecular complexity index is 973. The second kappa shape index (κ2) is 11.6. The smallest absolute Gasteiger partial charge is 0.241 e. The standard InChI is InChI=1S/C21H28N2O8S/c1-14(23-32(26,27)17-10-8-16(28-2)9-11-17)21(25)22-12-15(24)13-31-20-18(29-3)6-5-7-19(20)30-4/h5-11,14-15,23-24H,12-13H2,1-4H3,(H,22,25)/t14-,15?/m0/s1. The molecule has 2 aromatic carbocycles. The summed E-state index contributed by atoms with van der Waals surface area (Å²) in [5.74, 6) is 1.10. The summed E-state index contributed by atoms with van der Waals surface area (Å²) in [5, 5.41) is 12.6. The zero-order chi connectivity index (χ0) is 23.7. The van der Waals surface area contributed by atoms with Gasteiger partial charge in [-0.1, -0.05) is 6.07 Å². The fourth-order valence-electron chi connectivity index (χ4n) is 2.68. The van der Waals surface area contributed by atoms with Crippen molar-refractivity contribution in [1.82, 2.24) is 10.0 Å². The molecule has 2 rings (SSSR count). The fraction of sp³-hybridized carbons (Fsp3) is 0.381. The van der Waals surface area contributed by atoms with E-state index in [1.165, 1.54) is 52.5 Å². The Morgan fingerprint density at radius 2 is 1.59 bits per heavy atom. The Hall–Kier alpha value is -3.02. The highest BCUT2D eigenvalue weighted by Crippen LogP contribution is 2.36. The average Bonchev–Trinajstić information content (AvgIpc) is 2.80. The van der Waals surface area contributed by atoms with Crippen LogP contribution in [0.2, 0.25) is 0 Å². The molecule has 0 saturated heterocycles. The molecule has 0 aromatic heterocycles. The minimum Gasteiger partial charge on any atom is -0.497 e. The van der Waals surface area contributed by atoms with Crippen molar-refractivity contribution in [2.24, 2.45) is 0 Å². The van der Waals surface area contributed by atoms with E-state index >= 15 is 0 Å². The summed E-state index contributed by atoms with van der Waals surface area (Å²) >= 11 is 0. The Kier molecular flexibility index (Phi) is 9.12. The van der Waals surface area contributed by atoms with Crippen molar-refractivity contribution in [1.29, 1.82) is 0 Å². The minimum absolute atomic E-state index is 0.00265. The van der Waals surface area contributed by atoms with Crippen molar-refractivity contribution < 1.29 is 37.3 Å². The number of rotatable bonds is 12. The molecule has 0 fully saturated rings. The van der Waals surface area contributed by atoms with Gasteiger partial charge in [0.05, 0.1) is 32.3 Å². The van der Waals surface area contributed by atoms with Crippen LogP contribution in [0.15, 0.2) is 47.4 Å². The van der Waals surface area contributed by atoms with Gasteiger partial charge in [0.15, 0.2) is 11.5 Å². The van der Waals surface area contributed by atoms with Gasteiger partial charge in [0, 0.05) is 6.54 Å². The molecule has 3 N–H and O–H groups in total. The van der Waals surface area contributed by atoms with Crippen LogP contribution in [0, 0.1) is 0 Å². The van der Waals surface area contributed by atoms with Crippen molar-refractivity contribution in [2.75, 3.05) is 34.5 Å². The quantitative estimate of drug-likeness (QED) is 0.419. The van der Waals surface area contributed by atoms with Crippen molar-refractivity contribution in [3.05, 3.63) is 42.5 Å². The molecule has 0 heterocycles. The predicted molar refractivity (Wildman–Crippen MR) is 117 cm³/mol. The van der Waals surface area contributed by atoms with Gasteiger partial charge in [-0.15, -0.1) is 0 Å². The van der Waals surface area contributed by atoms with Gasteiger partial charge in [-0.3, -0.25) is 4.79 Å². The van der Waals surface area contributed by atoms with Crippen LogP contribution in [0.1, 0.15) is 6.92 Å². The molecule has 1 amide bonds. The maximum atomic E-state index is 12.4. The van der Waals surface area contributed by atoms with E-state index in [9.17, 15) is 18.3 Å². The van der Waals surface area contributed by atoms with Gasteiger partial charge in [-0.25, -0.2) is 8.42 Å². The molecule has 1 unspecified atom stereocenters. The van der Waals surface area contributed by atoms with Crippen LogP contribution in [-0.4, -0.2) is 66.1 Å². The Morgan fingerprint density at radius 3 is 2.12 bits per heavy atom.